The Balaban J connectivity index is 0.000000822. The van der Waals surface area contributed by atoms with E-state index in [0.29, 0.717) is 122 Å². The number of ether oxygens (including phenoxy) is 7. The molecule has 29 heteroatoms. The Hall–Kier alpha value is -4.81. The molecule has 0 spiro atoms. The number of aromatic carboxylic acids is 1. The maximum Gasteiger partial charge on any atom is 0.407 e. The van der Waals surface area contributed by atoms with E-state index in [9.17, 15) is 55.0 Å². The first kappa shape index (κ1) is 79.9. The summed E-state index contributed by atoms with van der Waals surface area (Å²) in [5, 5.41) is 17.7. The minimum atomic E-state index is -5.49. The Kier molecular flexibility index (Phi) is 29.4. The summed E-state index contributed by atoms with van der Waals surface area (Å²) < 4.78 is 120. The van der Waals surface area contributed by atoms with Gasteiger partial charge in [-0.15, -0.1) is 11.8 Å². The number of carbonyl (C=O) groups is 5. The number of halogens is 3. The van der Waals surface area contributed by atoms with Crippen molar-refractivity contribution in [3.05, 3.63) is 71.0 Å². The molecule has 3 aromatic carbocycles. The zero-order valence-electron chi connectivity index (χ0n) is 55.7. The number of ketones is 1. The molecule has 2 aliphatic carbocycles. The number of carbonyl (C=O) groups excluding carboxylic acids is 4. The van der Waals surface area contributed by atoms with Crippen LogP contribution in [-0.2, 0) is 64.7 Å². The number of carboxylic acid groups (broad SMARTS) is 1. The lowest BCUT2D eigenvalue weighted by Crippen LogP contribution is -2.35. The minimum absolute atomic E-state index is 0.00830. The first-order chi connectivity index (χ1) is 43.7. The number of Topliss-reactive ketones (excluding diaryl/α,β-unsaturated/α-hetero) is 1. The van der Waals surface area contributed by atoms with Crippen LogP contribution in [0.1, 0.15) is 184 Å². The number of amides is 3. The highest BCUT2D eigenvalue weighted by Crippen LogP contribution is 2.54. The quantitative estimate of drug-likeness (QED) is 0.0135. The number of alkyl carbamates (subject to hydrolysis) is 2. The van der Waals surface area contributed by atoms with E-state index in [2.05, 4.69) is 16.0 Å². The van der Waals surface area contributed by atoms with Gasteiger partial charge in [0.25, 0.3) is 0 Å². The summed E-state index contributed by atoms with van der Waals surface area (Å²) in [5.41, 5.74) is 2.81. The van der Waals surface area contributed by atoms with Crippen molar-refractivity contribution >= 4 is 108 Å². The molecular formula is C65H91Cl3N4O19S3-2. The third-order valence-corrected chi connectivity index (χ3v) is 19.5. The van der Waals surface area contributed by atoms with Gasteiger partial charge in [0.2, 0.25) is 5.91 Å². The van der Waals surface area contributed by atoms with Crippen molar-refractivity contribution in [1.29, 1.82) is 0 Å². The van der Waals surface area contributed by atoms with Crippen molar-refractivity contribution in [2.75, 3.05) is 84.8 Å². The Labute approximate surface area is 571 Å². The van der Waals surface area contributed by atoms with Crippen LogP contribution < -0.4 is 36.9 Å². The Morgan fingerprint density at radius 1 is 0.681 bits per heavy atom. The second kappa shape index (κ2) is 34.6. The molecule has 3 aliphatic rings. The third-order valence-electron chi connectivity index (χ3n) is 15.0. The molecule has 6 N–H and O–H groups in total. The molecule has 0 saturated heterocycles. The van der Waals surface area contributed by atoms with Crippen LogP contribution in [0.15, 0.2) is 26.8 Å². The first-order valence-electron chi connectivity index (χ1n) is 31.2. The fourth-order valence-corrected chi connectivity index (χ4v) is 15.3. The lowest BCUT2D eigenvalue weighted by molar-refractivity contribution is -0.121. The maximum absolute atomic E-state index is 13.7. The highest BCUT2D eigenvalue weighted by molar-refractivity contribution is 8.00. The number of thioether (sulfide) groups is 1. The van der Waals surface area contributed by atoms with Crippen LogP contribution in [0.4, 0.5) is 9.59 Å². The molecule has 0 radical (unpaired) electrons. The van der Waals surface area contributed by atoms with E-state index >= 15 is 0 Å². The van der Waals surface area contributed by atoms with Crippen LogP contribution in [0.25, 0.3) is 11.6 Å². The Bertz CT molecular complexity index is 3610. The molecule has 0 saturated carbocycles. The molecule has 0 aromatic heterocycles. The molecule has 526 valence electrons. The number of hydrogen-bond donors (Lipinski definition) is 5. The fourth-order valence-electron chi connectivity index (χ4n) is 11.5. The van der Waals surface area contributed by atoms with Gasteiger partial charge in [0, 0.05) is 65.8 Å². The number of benzene rings is 3. The molecule has 6 rings (SSSR count). The fraction of sp³-hybridized carbons (Fsp3) is 0.615. The summed E-state index contributed by atoms with van der Waals surface area (Å²) >= 11 is 21.9. The topological polar surface area (TPSA) is 347 Å². The molecule has 3 aromatic rings. The van der Waals surface area contributed by atoms with Crippen LogP contribution in [-0.4, -0.2) is 157 Å². The summed E-state index contributed by atoms with van der Waals surface area (Å²) in [6, 6.07) is 3.18. The average molecular weight is 1440 g/mol. The van der Waals surface area contributed by atoms with E-state index in [1.165, 1.54) is 0 Å². The molecule has 94 heavy (non-hydrogen) atoms. The predicted molar refractivity (Wildman–Crippen MR) is 357 cm³/mol. The largest absolute Gasteiger partial charge is 0.744 e. The predicted octanol–water partition coefficient (Wildman–Crippen LogP) is 10.1. The number of rotatable bonds is 31. The van der Waals surface area contributed by atoms with Gasteiger partial charge < -0.3 is 69.1 Å². The standard InChI is InChI=1S/C54H69Cl3N2O15S3.C11H24N2O4/c1-29-24-53(6,7)26-36-32(29)22-34-39(35-23-33-30(2)25-54(8,9)27-37(33)49(77(68,69)70)46(35)73-45(34)48(36)76(65,66)67)40-41(50(62)63)42(55)44(57)47(43(40)56)75-28-31(60)14-12-10-11-13-15-38(61)58-16-18-71-20-21-72-19-17-59-51(64)74-52(3,4)5;1-11(2,3)17-10(14)13-5-7-16-9-8-15-6-4-12/h22-23,26,29-30H,10-21,24-25,27-28H2,1-9H3,(H,58,61)(H,59,64)(H,62,63)(H,65,66,67)(H,68,69,70);4-9,12H2,1-3H3,(H,13,14)/p-2. The molecule has 2 unspecified atom stereocenters. The van der Waals surface area contributed by atoms with Crippen LogP contribution in [0.5, 0.6) is 11.5 Å². The lowest BCUT2D eigenvalue weighted by atomic mass is 9.69. The smallest absolute Gasteiger partial charge is 0.407 e. The van der Waals surface area contributed by atoms with Crippen LogP contribution in [0.2, 0.25) is 15.1 Å². The maximum atomic E-state index is 13.7. The van der Waals surface area contributed by atoms with Gasteiger partial charge in [-0.3, -0.25) is 9.59 Å². The average Bonchev–Trinajstić information content (AvgIpc) is 0.699. The number of fused-ring (bicyclic) bond motifs is 4. The van der Waals surface area contributed by atoms with Gasteiger partial charge in [-0.2, -0.15) is 0 Å². The normalized spacial score (nSPS) is 16.3. The van der Waals surface area contributed by atoms with Gasteiger partial charge in [0.05, 0.1) is 79.2 Å². The highest BCUT2D eigenvalue weighted by atomic mass is 35.5. The summed E-state index contributed by atoms with van der Waals surface area (Å²) in [6.07, 6.45) is 4.69. The van der Waals surface area contributed by atoms with Gasteiger partial charge in [-0.05, 0) is 130 Å². The zero-order valence-corrected chi connectivity index (χ0v) is 60.4. The number of nitrogens with two attached hydrogens (primary N) is 1. The van der Waals surface area contributed by atoms with Crippen molar-refractivity contribution in [3.63, 3.8) is 0 Å². The van der Waals surface area contributed by atoms with Crippen LogP contribution in [0, 0.1) is 10.8 Å². The second-order valence-corrected chi connectivity index (χ2v) is 31.6. The Morgan fingerprint density at radius 3 is 1.70 bits per heavy atom. The summed E-state index contributed by atoms with van der Waals surface area (Å²) in [7, 11) is -11.0. The van der Waals surface area contributed by atoms with Crippen LogP contribution >= 0.6 is 46.6 Å². The van der Waals surface area contributed by atoms with Gasteiger partial charge >= 0.3 is 18.2 Å². The molecule has 1 heterocycles. The number of hydrogen-bond acceptors (Lipinski definition) is 20. The summed E-state index contributed by atoms with van der Waals surface area (Å²) in [4.78, 5) is 60.6. The molecule has 0 fully saturated rings. The molecule has 23 nitrogen and oxygen atoms in total. The SMILES string of the molecule is CC(C)(C)OC(=O)NCCOCCOCCN.CC1CC(C)(C)Cc2c1cc1c(c2S(=O)(=O)[O-])Oc2c(S(=O)(=O)[O-])c3c(cc2=C1c1c(Cl)c(SCC(=O)CCCCCCC(=O)NCCOCCOCCNC(=O)OC(C)(C)C)c(Cl)c(Cl)c1C(=O)O)C(C)CC(C)(C)C=3. The summed E-state index contributed by atoms with van der Waals surface area (Å²) in [5.74, 6) is -4.10. The monoisotopic (exact) mass is 1430 g/mol. The number of nitrogens with one attached hydrogen (secondary N) is 3. The van der Waals surface area contributed by atoms with Crippen LogP contribution in [0.3, 0.4) is 0 Å². The molecular weight excluding hydrogens is 1340 g/mol. The second-order valence-electron chi connectivity index (χ2n) is 26.8. The summed E-state index contributed by atoms with van der Waals surface area (Å²) in [6.45, 7) is 26.8. The Morgan fingerprint density at radius 2 is 1.19 bits per heavy atom. The lowest BCUT2D eigenvalue weighted by Gasteiger charge is -2.39. The van der Waals surface area contributed by atoms with Crippen molar-refractivity contribution in [1.82, 2.24) is 16.0 Å². The third kappa shape index (κ3) is 23.5. The molecule has 1 aliphatic heterocycles. The van der Waals surface area contributed by atoms with Gasteiger partial charge in [-0.25, -0.2) is 31.2 Å². The first-order valence-corrected chi connectivity index (χ1v) is 36.2. The van der Waals surface area contributed by atoms with Gasteiger partial charge in [0.15, 0.2) is 11.5 Å². The van der Waals surface area contributed by atoms with E-state index in [0.717, 1.165) is 11.8 Å². The van der Waals surface area contributed by atoms with E-state index in [4.69, 9.17) is 73.7 Å². The van der Waals surface area contributed by atoms with E-state index < -0.39 is 92.3 Å². The molecule has 0 bridgehead atoms. The number of unbranched alkanes of at least 4 members (excludes halogenated alkanes) is 3. The van der Waals surface area contributed by atoms with Crippen molar-refractivity contribution in [2.45, 2.75) is 179 Å². The van der Waals surface area contributed by atoms with Gasteiger partial charge in [0.1, 0.15) is 47.0 Å². The number of carboxylic acids is 1. The molecule has 3 amide bonds. The highest BCUT2D eigenvalue weighted by Gasteiger charge is 2.41. The van der Waals surface area contributed by atoms with Crippen molar-refractivity contribution in [2.24, 2.45) is 16.6 Å². The zero-order chi connectivity index (χ0) is 70.3. The van der Waals surface area contributed by atoms with Crippen molar-refractivity contribution in [3.8, 4) is 11.5 Å². The van der Waals surface area contributed by atoms with Crippen molar-refractivity contribution < 1.29 is 88.2 Å². The van der Waals surface area contributed by atoms with E-state index in [-0.39, 0.29) is 103 Å². The van der Waals surface area contributed by atoms with E-state index in [1.54, 1.807) is 39.0 Å². The molecule has 2 atom stereocenters. The van der Waals surface area contributed by atoms with E-state index in [1.807, 2.05) is 62.3 Å². The van der Waals surface area contributed by atoms with Gasteiger partial charge in [-0.1, -0.05) is 95.3 Å². The minimum Gasteiger partial charge on any atom is -0.744 e.